The summed E-state index contributed by atoms with van der Waals surface area (Å²) in [7, 11) is 0. The molecule has 0 bridgehead atoms. The van der Waals surface area contributed by atoms with Crippen LogP contribution in [0.1, 0.15) is 53.0 Å². The third-order valence-corrected chi connectivity index (χ3v) is 5.00. The molecule has 2 heterocycles. The third-order valence-electron chi connectivity index (χ3n) is 5.00. The summed E-state index contributed by atoms with van der Waals surface area (Å²) >= 11 is 0. The summed E-state index contributed by atoms with van der Waals surface area (Å²) in [5, 5.41) is 10.0. The highest BCUT2D eigenvalue weighted by atomic mass is 16.1. The maximum Gasteiger partial charge on any atom is 0.271 e. The normalized spacial score (nSPS) is 17.8. The molecule has 1 atom stereocenters. The van der Waals surface area contributed by atoms with Crippen LogP contribution in [0, 0.1) is 6.92 Å². The topological polar surface area (TPSA) is 61.0 Å². The zero-order valence-corrected chi connectivity index (χ0v) is 15.2. The first kappa shape index (κ1) is 17.7. The van der Waals surface area contributed by atoms with Crippen LogP contribution in [-0.2, 0) is 6.42 Å². The summed E-state index contributed by atoms with van der Waals surface area (Å²) in [5.41, 5.74) is 4.36. The lowest BCUT2D eigenvalue weighted by molar-refractivity contribution is 0.0944. The van der Waals surface area contributed by atoms with Crippen molar-refractivity contribution in [1.82, 2.24) is 20.4 Å². The molecule has 0 radical (unpaired) electrons. The van der Waals surface area contributed by atoms with Crippen LogP contribution >= 0.6 is 0 Å². The number of nitrogens with zero attached hydrogens (tertiary/aromatic N) is 2. The summed E-state index contributed by atoms with van der Waals surface area (Å²) in [6, 6.07) is 10.5. The molecule has 3 rings (SSSR count). The molecule has 25 heavy (non-hydrogen) atoms. The fourth-order valence-electron chi connectivity index (χ4n) is 3.63. The number of benzene rings is 1. The number of carbonyl (C=O) groups is 1. The molecule has 1 aromatic carbocycles. The van der Waals surface area contributed by atoms with Crippen molar-refractivity contribution in [3.63, 3.8) is 0 Å². The van der Waals surface area contributed by atoms with E-state index in [0.717, 1.165) is 38.2 Å². The number of nitrogens with one attached hydrogen (secondary N) is 2. The standard InChI is InChI=1S/C20H28N4O/c1-3-6-17-13-19(23-22-17)20(25)21-10-12-24-11-9-16(14-24)18-8-5-4-7-15(18)2/h4-5,7-8,13,16H,3,6,9-12,14H2,1-2H3,(H,21,25)(H,22,23)/t16-/m0/s1. The van der Waals surface area contributed by atoms with Crippen LogP contribution in [0.2, 0.25) is 0 Å². The molecule has 1 aliphatic rings. The number of hydrogen-bond donors (Lipinski definition) is 2. The van der Waals surface area contributed by atoms with Crippen LogP contribution in [0.4, 0.5) is 0 Å². The molecule has 1 amide bonds. The highest BCUT2D eigenvalue weighted by Crippen LogP contribution is 2.28. The van der Waals surface area contributed by atoms with Gasteiger partial charge in [-0.05, 0) is 49.4 Å². The lowest BCUT2D eigenvalue weighted by Gasteiger charge is -2.17. The molecule has 2 N–H and O–H groups in total. The van der Waals surface area contributed by atoms with E-state index in [1.165, 1.54) is 17.5 Å². The van der Waals surface area contributed by atoms with Crippen molar-refractivity contribution < 1.29 is 4.79 Å². The summed E-state index contributed by atoms with van der Waals surface area (Å²) in [5.74, 6) is 0.521. The van der Waals surface area contributed by atoms with E-state index >= 15 is 0 Å². The molecule has 1 fully saturated rings. The Morgan fingerprint density at radius 3 is 3.04 bits per heavy atom. The Balaban J connectivity index is 1.43. The Kier molecular flexibility index (Phi) is 5.87. The average molecular weight is 340 g/mol. The van der Waals surface area contributed by atoms with Gasteiger partial charge in [0, 0.05) is 25.3 Å². The quantitative estimate of drug-likeness (QED) is 0.815. The number of rotatable bonds is 7. The molecule has 0 spiro atoms. The summed E-state index contributed by atoms with van der Waals surface area (Å²) < 4.78 is 0. The molecule has 1 aliphatic heterocycles. The van der Waals surface area contributed by atoms with Gasteiger partial charge in [0.15, 0.2) is 0 Å². The largest absolute Gasteiger partial charge is 0.349 e. The lowest BCUT2D eigenvalue weighted by atomic mass is 9.94. The van der Waals surface area contributed by atoms with Gasteiger partial charge in [-0.25, -0.2) is 0 Å². The minimum absolute atomic E-state index is 0.0896. The van der Waals surface area contributed by atoms with E-state index in [1.54, 1.807) is 0 Å². The molecule has 1 aromatic heterocycles. The van der Waals surface area contributed by atoms with Crippen molar-refractivity contribution in [2.24, 2.45) is 0 Å². The lowest BCUT2D eigenvalue weighted by Crippen LogP contribution is -2.34. The number of aryl methyl sites for hydroxylation is 2. The van der Waals surface area contributed by atoms with Gasteiger partial charge in [-0.3, -0.25) is 9.89 Å². The number of aromatic amines is 1. The molecule has 134 valence electrons. The predicted octanol–water partition coefficient (Wildman–Crippen LogP) is 2.89. The number of amides is 1. The van der Waals surface area contributed by atoms with Crippen molar-refractivity contribution in [1.29, 1.82) is 0 Å². The number of H-pyrrole nitrogens is 1. The SMILES string of the molecule is CCCc1cc(C(=O)NCCN2CC[C@H](c3ccccc3C)C2)n[nH]1. The molecule has 0 unspecified atom stereocenters. The molecule has 2 aromatic rings. The van der Waals surface area contributed by atoms with Gasteiger partial charge in [0.05, 0.1) is 0 Å². The van der Waals surface area contributed by atoms with Gasteiger partial charge in [0.1, 0.15) is 5.69 Å². The Morgan fingerprint density at radius 2 is 2.24 bits per heavy atom. The molecule has 1 saturated heterocycles. The summed E-state index contributed by atoms with van der Waals surface area (Å²) in [6.07, 6.45) is 3.16. The van der Waals surface area contributed by atoms with Gasteiger partial charge >= 0.3 is 0 Å². The Bertz CT molecular complexity index is 709. The van der Waals surface area contributed by atoms with E-state index in [-0.39, 0.29) is 5.91 Å². The fourth-order valence-corrected chi connectivity index (χ4v) is 3.63. The van der Waals surface area contributed by atoms with E-state index in [4.69, 9.17) is 0 Å². The molecular weight excluding hydrogens is 312 g/mol. The minimum Gasteiger partial charge on any atom is -0.349 e. The first-order valence-corrected chi connectivity index (χ1v) is 9.27. The first-order chi connectivity index (χ1) is 12.2. The van der Waals surface area contributed by atoms with Gasteiger partial charge < -0.3 is 10.2 Å². The van der Waals surface area contributed by atoms with Crippen molar-refractivity contribution in [3.8, 4) is 0 Å². The average Bonchev–Trinajstić information content (AvgIpc) is 3.25. The number of aromatic nitrogens is 2. The molecule has 0 aliphatic carbocycles. The van der Waals surface area contributed by atoms with Crippen molar-refractivity contribution in [2.75, 3.05) is 26.2 Å². The molecule has 0 saturated carbocycles. The van der Waals surface area contributed by atoms with E-state index in [9.17, 15) is 4.79 Å². The van der Waals surface area contributed by atoms with Gasteiger partial charge in [0.2, 0.25) is 0 Å². The van der Waals surface area contributed by atoms with Crippen molar-refractivity contribution >= 4 is 5.91 Å². The van der Waals surface area contributed by atoms with Gasteiger partial charge in [-0.15, -0.1) is 0 Å². The Hall–Kier alpha value is -2.14. The zero-order valence-electron chi connectivity index (χ0n) is 15.2. The van der Waals surface area contributed by atoms with Crippen LogP contribution in [0.3, 0.4) is 0 Å². The second-order valence-electron chi connectivity index (χ2n) is 6.93. The van der Waals surface area contributed by atoms with Crippen LogP contribution < -0.4 is 5.32 Å². The summed E-state index contributed by atoms with van der Waals surface area (Å²) in [4.78, 5) is 14.6. The first-order valence-electron chi connectivity index (χ1n) is 9.27. The predicted molar refractivity (Wildman–Crippen MR) is 99.9 cm³/mol. The molecule has 5 nitrogen and oxygen atoms in total. The summed E-state index contributed by atoms with van der Waals surface area (Å²) in [6.45, 7) is 8.02. The number of hydrogen-bond acceptors (Lipinski definition) is 3. The van der Waals surface area contributed by atoms with E-state index in [0.29, 0.717) is 18.2 Å². The minimum atomic E-state index is -0.0896. The second kappa shape index (κ2) is 8.30. The molecule has 5 heteroatoms. The van der Waals surface area contributed by atoms with Crippen molar-refractivity contribution in [3.05, 3.63) is 52.8 Å². The van der Waals surface area contributed by atoms with Gasteiger partial charge in [-0.2, -0.15) is 5.10 Å². The van der Waals surface area contributed by atoms with Crippen molar-refractivity contribution in [2.45, 2.75) is 39.0 Å². The zero-order chi connectivity index (χ0) is 17.6. The second-order valence-corrected chi connectivity index (χ2v) is 6.93. The molecular formula is C20H28N4O. The van der Waals surface area contributed by atoms with E-state index in [1.807, 2.05) is 6.07 Å². The smallest absolute Gasteiger partial charge is 0.271 e. The third kappa shape index (κ3) is 4.48. The van der Waals surface area contributed by atoms with Crippen LogP contribution in [0.25, 0.3) is 0 Å². The van der Waals surface area contributed by atoms with E-state index < -0.39 is 0 Å². The maximum absolute atomic E-state index is 12.2. The highest BCUT2D eigenvalue weighted by Gasteiger charge is 2.24. The fraction of sp³-hybridized carbons (Fsp3) is 0.500. The van der Waals surface area contributed by atoms with Crippen LogP contribution in [-0.4, -0.2) is 47.2 Å². The van der Waals surface area contributed by atoms with Gasteiger partial charge in [-0.1, -0.05) is 37.6 Å². The van der Waals surface area contributed by atoms with Crippen LogP contribution in [0.15, 0.2) is 30.3 Å². The number of likely N-dealkylation sites (tertiary alicyclic amines) is 1. The van der Waals surface area contributed by atoms with Crippen LogP contribution in [0.5, 0.6) is 0 Å². The highest BCUT2D eigenvalue weighted by molar-refractivity contribution is 5.92. The van der Waals surface area contributed by atoms with Gasteiger partial charge in [0.25, 0.3) is 5.91 Å². The maximum atomic E-state index is 12.2. The van der Waals surface area contributed by atoms with E-state index in [2.05, 4.69) is 58.5 Å². The Labute approximate surface area is 149 Å². The number of carbonyl (C=O) groups excluding carboxylic acids is 1. The monoisotopic (exact) mass is 340 g/mol. The Morgan fingerprint density at radius 1 is 1.40 bits per heavy atom.